The van der Waals surface area contributed by atoms with E-state index in [1.807, 2.05) is 6.07 Å². The molecule has 0 spiro atoms. The lowest BCUT2D eigenvalue weighted by Gasteiger charge is -2.41. The SMILES string of the molecule is CCCCCCCCC1(C)CC(CCCCC(=O)NC)c2cc(O)c(C(C)(C)C)cc2O1. The monoisotopic (exact) mass is 445 g/mol. The van der Waals surface area contributed by atoms with Crippen molar-refractivity contribution in [2.45, 2.75) is 129 Å². The van der Waals surface area contributed by atoms with Gasteiger partial charge in [0, 0.05) is 24.6 Å². The zero-order valence-electron chi connectivity index (χ0n) is 21.5. The fourth-order valence-corrected chi connectivity index (χ4v) is 5.02. The fraction of sp³-hybridized carbons (Fsp3) is 0.750. The first kappa shape index (κ1) is 26.5. The van der Waals surface area contributed by atoms with Crippen molar-refractivity contribution in [3.8, 4) is 11.5 Å². The van der Waals surface area contributed by atoms with Crippen LogP contribution in [0.15, 0.2) is 12.1 Å². The fourth-order valence-electron chi connectivity index (χ4n) is 5.02. The summed E-state index contributed by atoms with van der Waals surface area (Å²) in [4.78, 5) is 11.6. The minimum Gasteiger partial charge on any atom is -0.508 e. The number of phenolic OH excluding ortho intramolecular Hbond substituents is 1. The van der Waals surface area contributed by atoms with Gasteiger partial charge in [0.15, 0.2) is 0 Å². The van der Waals surface area contributed by atoms with Gasteiger partial charge in [-0.1, -0.05) is 66.2 Å². The Labute approximate surface area is 196 Å². The Balaban J connectivity index is 2.15. The number of benzene rings is 1. The number of ether oxygens (including phenoxy) is 1. The first-order chi connectivity index (χ1) is 15.1. The Morgan fingerprint density at radius 1 is 1.12 bits per heavy atom. The van der Waals surface area contributed by atoms with Gasteiger partial charge in [0.05, 0.1) is 0 Å². The van der Waals surface area contributed by atoms with E-state index in [1.165, 1.54) is 38.5 Å². The van der Waals surface area contributed by atoms with Crippen molar-refractivity contribution in [2.75, 3.05) is 7.05 Å². The summed E-state index contributed by atoms with van der Waals surface area (Å²) in [5, 5.41) is 13.5. The van der Waals surface area contributed by atoms with E-state index in [0.29, 0.717) is 18.1 Å². The van der Waals surface area contributed by atoms with Crippen LogP contribution in [-0.2, 0) is 10.2 Å². The van der Waals surface area contributed by atoms with Crippen LogP contribution in [0.25, 0.3) is 0 Å². The van der Waals surface area contributed by atoms with Crippen LogP contribution >= 0.6 is 0 Å². The maximum atomic E-state index is 11.6. The molecule has 1 aliphatic rings. The van der Waals surface area contributed by atoms with Gasteiger partial charge in [0.1, 0.15) is 17.1 Å². The molecule has 0 aromatic heterocycles. The molecule has 1 aliphatic heterocycles. The summed E-state index contributed by atoms with van der Waals surface area (Å²) in [5.74, 6) is 1.78. The smallest absolute Gasteiger partial charge is 0.219 e. The molecule has 182 valence electrons. The Bertz CT molecular complexity index is 737. The lowest BCUT2D eigenvalue weighted by atomic mass is 9.76. The number of fused-ring (bicyclic) bond motifs is 1. The topological polar surface area (TPSA) is 58.6 Å². The molecule has 2 rings (SSSR count). The molecule has 2 N–H and O–H groups in total. The van der Waals surface area contributed by atoms with Crippen molar-refractivity contribution >= 4 is 5.91 Å². The maximum Gasteiger partial charge on any atom is 0.219 e. The Kier molecular flexibility index (Phi) is 9.91. The highest BCUT2D eigenvalue weighted by atomic mass is 16.5. The van der Waals surface area contributed by atoms with Gasteiger partial charge in [-0.25, -0.2) is 0 Å². The maximum absolute atomic E-state index is 11.6. The van der Waals surface area contributed by atoms with Crippen LogP contribution in [-0.4, -0.2) is 23.7 Å². The molecule has 1 amide bonds. The minimum atomic E-state index is -0.171. The lowest BCUT2D eigenvalue weighted by molar-refractivity contribution is -0.120. The van der Waals surface area contributed by atoms with Gasteiger partial charge in [0.2, 0.25) is 5.91 Å². The number of carbonyl (C=O) groups excluding carboxylic acids is 1. The second-order valence-corrected chi connectivity index (χ2v) is 11.0. The number of carbonyl (C=O) groups is 1. The van der Waals surface area contributed by atoms with Gasteiger partial charge in [-0.3, -0.25) is 4.79 Å². The van der Waals surface area contributed by atoms with Gasteiger partial charge in [-0.15, -0.1) is 0 Å². The largest absolute Gasteiger partial charge is 0.508 e. The number of hydrogen-bond acceptors (Lipinski definition) is 3. The molecule has 1 aromatic carbocycles. The zero-order chi connectivity index (χ0) is 23.8. The Hall–Kier alpha value is -1.71. The third kappa shape index (κ3) is 7.71. The molecule has 4 heteroatoms. The third-order valence-electron chi connectivity index (χ3n) is 6.95. The standard InChI is InChI=1S/C28H47NO3/c1-7-8-9-10-11-14-17-28(5)20-21(15-12-13-16-26(31)29-6)22-18-24(30)23(27(2,3)4)19-25(22)32-28/h18-19,21,30H,7-17,20H2,1-6H3,(H,29,31). The molecular weight excluding hydrogens is 398 g/mol. The molecular formula is C28H47NO3. The quantitative estimate of drug-likeness (QED) is 0.330. The average Bonchev–Trinajstić information content (AvgIpc) is 2.72. The molecule has 1 aromatic rings. The van der Waals surface area contributed by atoms with Crippen molar-refractivity contribution in [1.82, 2.24) is 5.32 Å². The van der Waals surface area contributed by atoms with E-state index in [-0.39, 0.29) is 16.9 Å². The van der Waals surface area contributed by atoms with Crippen LogP contribution in [0.2, 0.25) is 0 Å². The highest BCUT2D eigenvalue weighted by Crippen LogP contribution is 2.48. The van der Waals surface area contributed by atoms with Gasteiger partial charge in [0.25, 0.3) is 0 Å². The Morgan fingerprint density at radius 2 is 1.81 bits per heavy atom. The highest BCUT2D eigenvalue weighted by Gasteiger charge is 2.38. The summed E-state index contributed by atoms with van der Waals surface area (Å²) < 4.78 is 6.65. The van der Waals surface area contributed by atoms with Crippen LogP contribution in [0.5, 0.6) is 11.5 Å². The second kappa shape index (κ2) is 12.0. The van der Waals surface area contributed by atoms with Crippen LogP contribution in [0.1, 0.15) is 129 Å². The van der Waals surface area contributed by atoms with Crippen LogP contribution in [0.3, 0.4) is 0 Å². The van der Waals surface area contributed by atoms with Crippen molar-refractivity contribution in [3.05, 3.63) is 23.3 Å². The number of hydrogen-bond donors (Lipinski definition) is 2. The Morgan fingerprint density at radius 3 is 2.47 bits per heavy atom. The van der Waals surface area contributed by atoms with Crippen LogP contribution in [0, 0.1) is 0 Å². The van der Waals surface area contributed by atoms with Gasteiger partial charge >= 0.3 is 0 Å². The molecule has 0 fully saturated rings. The third-order valence-corrected chi connectivity index (χ3v) is 6.95. The molecule has 2 atom stereocenters. The predicted molar refractivity (Wildman–Crippen MR) is 134 cm³/mol. The van der Waals surface area contributed by atoms with E-state index in [1.54, 1.807) is 7.05 Å². The van der Waals surface area contributed by atoms with Crippen LogP contribution < -0.4 is 10.1 Å². The van der Waals surface area contributed by atoms with E-state index < -0.39 is 0 Å². The molecule has 1 heterocycles. The number of unbranched alkanes of at least 4 members (excludes halogenated alkanes) is 6. The summed E-state index contributed by atoms with van der Waals surface area (Å²) in [6, 6.07) is 4.03. The van der Waals surface area contributed by atoms with E-state index in [9.17, 15) is 9.90 Å². The molecule has 0 radical (unpaired) electrons. The van der Waals surface area contributed by atoms with Crippen LogP contribution in [0.4, 0.5) is 0 Å². The number of aromatic hydroxyl groups is 1. The van der Waals surface area contributed by atoms with Crippen molar-refractivity contribution in [3.63, 3.8) is 0 Å². The van der Waals surface area contributed by atoms with Crippen molar-refractivity contribution in [1.29, 1.82) is 0 Å². The molecule has 2 unspecified atom stereocenters. The van der Waals surface area contributed by atoms with E-state index in [4.69, 9.17) is 4.74 Å². The summed E-state index contributed by atoms with van der Waals surface area (Å²) in [5.41, 5.74) is 1.77. The summed E-state index contributed by atoms with van der Waals surface area (Å²) in [6.45, 7) is 10.9. The normalized spacial score (nSPS) is 20.5. The number of amides is 1. The zero-order valence-corrected chi connectivity index (χ0v) is 21.5. The predicted octanol–water partition coefficient (Wildman–Crippen LogP) is 7.37. The first-order valence-corrected chi connectivity index (χ1v) is 12.9. The summed E-state index contributed by atoms with van der Waals surface area (Å²) >= 11 is 0. The summed E-state index contributed by atoms with van der Waals surface area (Å²) in [6.07, 6.45) is 13.3. The summed E-state index contributed by atoms with van der Waals surface area (Å²) in [7, 11) is 1.69. The average molecular weight is 446 g/mol. The second-order valence-electron chi connectivity index (χ2n) is 11.0. The van der Waals surface area contributed by atoms with Gasteiger partial charge in [-0.05, 0) is 62.5 Å². The van der Waals surface area contributed by atoms with Crippen molar-refractivity contribution < 1.29 is 14.6 Å². The van der Waals surface area contributed by atoms with E-state index in [0.717, 1.165) is 49.0 Å². The highest BCUT2D eigenvalue weighted by molar-refractivity contribution is 5.75. The van der Waals surface area contributed by atoms with Gasteiger partial charge < -0.3 is 15.2 Å². The molecule has 0 aliphatic carbocycles. The van der Waals surface area contributed by atoms with Crippen molar-refractivity contribution in [2.24, 2.45) is 0 Å². The lowest BCUT2D eigenvalue weighted by Crippen LogP contribution is -2.38. The molecule has 0 bridgehead atoms. The first-order valence-electron chi connectivity index (χ1n) is 12.9. The molecule has 32 heavy (non-hydrogen) atoms. The van der Waals surface area contributed by atoms with E-state index >= 15 is 0 Å². The molecule has 0 saturated heterocycles. The molecule has 0 saturated carbocycles. The number of rotatable bonds is 12. The number of nitrogens with one attached hydrogen (secondary N) is 1. The van der Waals surface area contributed by atoms with Gasteiger partial charge in [-0.2, -0.15) is 0 Å². The van der Waals surface area contributed by atoms with E-state index in [2.05, 4.69) is 46.0 Å². The molecule has 4 nitrogen and oxygen atoms in total. The minimum absolute atomic E-state index is 0.109. The number of phenols is 1.